The van der Waals surface area contributed by atoms with Crippen molar-refractivity contribution >= 4 is 136 Å². The van der Waals surface area contributed by atoms with Gasteiger partial charge in [0.05, 0.1) is 63.4 Å². The van der Waals surface area contributed by atoms with E-state index in [1.807, 2.05) is 19.9 Å². The number of rotatable bonds is 47. The van der Waals surface area contributed by atoms with E-state index in [1.54, 1.807) is 63.0 Å². The lowest BCUT2D eigenvalue weighted by Crippen LogP contribution is -2.60. The highest BCUT2D eigenvalue weighted by molar-refractivity contribution is 6.35. The fraction of sp³-hybridized carbons (Fsp3) is 0.524. The quantitative estimate of drug-likeness (QED) is 0.0248. The summed E-state index contributed by atoms with van der Waals surface area (Å²) in [6.07, 6.45) is -7.23. The Bertz CT molecular complexity index is 4750. The molecule has 2 saturated heterocycles. The summed E-state index contributed by atoms with van der Waals surface area (Å²) in [5, 5.41) is 94.8. The highest BCUT2D eigenvalue weighted by atomic mass is 35.5. The third kappa shape index (κ3) is 33.2. The second-order valence-electron chi connectivity index (χ2n) is 31.6. The summed E-state index contributed by atoms with van der Waals surface area (Å²) in [6.45, 7) is 5.58. The number of aromatic nitrogens is 2. The number of carboxylic acid groups (broad SMARTS) is 7. The van der Waals surface area contributed by atoms with Gasteiger partial charge in [-0.3, -0.25) is 106 Å². The minimum absolute atomic E-state index is 0.00271. The van der Waals surface area contributed by atoms with E-state index >= 15 is 0 Å². The second kappa shape index (κ2) is 49.6. The number of carbonyl (C=O) groups excluding carboxylic acids is 11. The van der Waals surface area contributed by atoms with Gasteiger partial charge in [-0.2, -0.15) is 5.10 Å². The summed E-state index contributed by atoms with van der Waals surface area (Å²) in [6, 6.07) is 2.92. The molecule has 18 N–H and O–H groups in total. The first-order valence-corrected chi connectivity index (χ1v) is 42.1. The second-order valence-corrected chi connectivity index (χ2v) is 32.5. The third-order valence-corrected chi connectivity index (χ3v) is 21.5. The summed E-state index contributed by atoms with van der Waals surface area (Å²) >= 11 is 13.1. The van der Waals surface area contributed by atoms with Gasteiger partial charge in [-0.1, -0.05) is 35.3 Å². The summed E-state index contributed by atoms with van der Waals surface area (Å²) in [5.41, 5.74) is 8.40. The Morgan fingerprint density at radius 3 is 1.40 bits per heavy atom. The van der Waals surface area contributed by atoms with Gasteiger partial charge >= 0.3 is 41.8 Å². The van der Waals surface area contributed by atoms with Gasteiger partial charge in [0.25, 0.3) is 5.91 Å². The van der Waals surface area contributed by atoms with Crippen molar-refractivity contribution in [2.24, 2.45) is 5.73 Å². The maximum absolute atomic E-state index is 14.5. The van der Waals surface area contributed by atoms with Crippen molar-refractivity contribution in [2.45, 2.75) is 166 Å². The number of methoxy groups -OCH3 is 1. The van der Waals surface area contributed by atoms with E-state index in [0.29, 0.717) is 80.6 Å². The number of nitrogens with two attached hydrogens (primary N) is 1. The molecule has 1 aromatic heterocycles. The number of halogens is 2. The molecule has 47 heteroatoms. The Kier molecular flexibility index (Phi) is 39.7. The standard InChI is InChI=1S/C82H109Cl2N17O28/c1-45(74(85)119)88-76(121)55(11-6-7-22-86-62(102)16-17-63(103)89-50-10-8-9-47(33-50)52-37-53-61(38-60(52)127-5)129-43-54-72(81(126)100-31-32-128-44-82(100,3)4)95-101(73(53)54)51-35-48(83)34-49(84)36-51)91-78(123)57(13-19-66(107)108)93-80(125)59(15-21-68(111)112)94-79(124)58(14-20-67(109)110)92-77(122)56(12-18-65(105)106)90-75(120)46(2)87-64(104)39-96-23-25-97(40-69(113)114)27-29-99(42-71(117)118)30-28-98(26-24-96)41-70(115)116/h8-10,33-38,45-46,55-59H,6-7,11-32,39-44H2,1-5H3,(H2,85,119)(H,86,102)(H,87,104)(H,88,121)(H,89,103)(H,90,120)(H,91,123)(H,92,122)(H,93,125)(H,94,124)(H,105,106)(H,107,108)(H,109,110)(H,111,112)(H,113,114)(H,115,116)(H,117,118)/t45-,46-,55-,56-,57-,58-,59-/m1/s1. The molecule has 0 bridgehead atoms. The molecule has 0 unspecified atom stereocenters. The lowest BCUT2D eigenvalue weighted by molar-refractivity contribution is -0.140. The largest absolute Gasteiger partial charge is 0.496 e. The van der Waals surface area contributed by atoms with E-state index < -0.39 is 226 Å². The fourth-order valence-electron chi connectivity index (χ4n) is 14.2. The lowest BCUT2D eigenvalue weighted by Gasteiger charge is -2.41. The van der Waals surface area contributed by atoms with Crippen LogP contribution in [0.4, 0.5) is 5.69 Å². The first-order valence-electron chi connectivity index (χ1n) is 41.3. The Morgan fingerprint density at radius 1 is 0.496 bits per heavy atom. The van der Waals surface area contributed by atoms with Gasteiger partial charge in [0.15, 0.2) is 5.69 Å². The van der Waals surface area contributed by atoms with Gasteiger partial charge < -0.3 is 108 Å². The average Bonchev–Trinajstić information content (AvgIpc) is 1.61. The fourth-order valence-corrected chi connectivity index (χ4v) is 14.7. The minimum atomic E-state index is -2.01. The summed E-state index contributed by atoms with van der Waals surface area (Å²) in [5.74, 6) is -19.6. The van der Waals surface area contributed by atoms with E-state index in [4.69, 9.17) is 48.2 Å². The first kappa shape index (κ1) is 103. The topological polar surface area (TPSA) is 645 Å². The number of unbranched alkanes of at least 4 members (excludes halogenated alkanes) is 1. The van der Waals surface area contributed by atoms with Crippen molar-refractivity contribution in [3.63, 3.8) is 0 Å². The van der Waals surface area contributed by atoms with Crippen LogP contribution in [0.25, 0.3) is 28.1 Å². The number of morpholine rings is 1. The molecule has 704 valence electrons. The molecular weight excluding hydrogens is 1740 g/mol. The Labute approximate surface area is 749 Å². The van der Waals surface area contributed by atoms with Gasteiger partial charge in [0, 0.05) is 142 Å². The molecule has 45 nitrogen and oxygen atoms in total. The maximum atomic E-state index is 14.5. The van der Waals surface area contributed by atoms with Crippen molar-refractivity contribution in [3.8, 4) is 39.6 Å². The molecule has 0 aliphatic carbocycles. The van der Waals surface area contributed by atoms with Gasteiger partial charge in [-0.15, -0.1) is 0 Å². The number of aliphatic carboxylic acids is 7. The molecule has 4 aromatic rings. The van der Waals surface area contributed by atoms with E-state index in [-0.39, 0.29) is 109 Å². The number of nitrogens with one attached hydrogen (secondary N) is 9. The van der Waals surface area contributed by atoms with Crippen molar-refractivity contribution in [2.75, 3.05) is 117 Å². The Morgan fingerprint density at radius 2 is 0.946 bits per heavy atom. The molecule has 11 amide bonds. The maximum Gasteiger partial charge on any atom is 0.317 e. The number of primary amides is 1. The van der Waals surface area contributed by atoms with Crippen LogP contribution in [0.15, 0.2) is 54.6 Å². The Hall–Kier alpha value is -12.7. The van der Waals surface area contributed by atoms with Crippen LogP contribution in [0.5, 0.6) is 11.5 Å². The zero-order chi connectivity index (χ0) is 95.1. The summed E-state index contributed by atoms with van der Waals surface area (Å²) < 4.78 is 19.5. The SMILES string of the molecule is COc1cc2c(cc1-c1cccc(NC(=O)CCC(=O)NCCCC[C@@H](NC(=O)[C@@H](CCC(=O)O)NC(=O)[C@@H](CCC(=O)O)NC(=O)[C@@H](CCC(=O)O)NC(=O)[C@@H](CCC(=O)O)NC(=O)[C@@H](C)NC(=O)CN3CCN(CC(=O)O)CCN(CC(=O)O)CCN(CC(=O)O)CC3)C(=O)N[C@H](C)C(N)=O)c1)-c1c(c(C(=O)N3CCOCC3(C)C)nn1-c1cc(Cl)cc(Cl)c1)CO2. The zero-order valence-corrected chi connectivity index (χ0v) is 73.1. The predicted molar refractivity (Wildman–Crippen MR) is 456 cm³/mol. The van der Waals surface area contributed by atoms with E-state index in [2.05, 4.69) is 47.9 Å². The van der Waals surface area contributed by atoms with Crippen molar-refractivity contribution in [1.82, 2.24) is 76.8 Å². The monoisotopic (exact) mass is 1850 g/mol. The number of nitrogens with zero attached hydrogens (tertiary/aromatic N) is 7. The number of anilines is 1. The zero-order valence-electron chi connectivity index (χ0n) is 71.6. The van der Waals surface area contributed by atoms with Crippen LogP contribution in [0, 0.1) is 0 Å². The normalized spacial score (nSPS) is 16.0. The molecule has 2 fully saturated rings. The van der Waals surface area contributed by atoms with Crippen LogP contribution in [0.2, 0.25) is 10.0 Å². The van der Waals surface area contributed by atoms with Gasteiger partial charge in [-0.25, -0.2) is 4.68 Å². The van der Waals surface area contributed by atoms with Crippen LogP contribution >= 0.6 is 23.2 Å². The minimum Gasteiger partial charge on any atom is -0.496 e. The molecule has 0 radical (unpaired) electrons. The van der Waals surface area contributed by atoms with E-state index in [0.717, 1.165) is 0 Å². The molecule has 3 aliphatic rings. The number of hydrogen-bond acceptors (Lipinski definition) is 26. The average molecular weight is 1850 g/mol. The van der Waals surface area contributed by atoms with Crippen LogP contribution in [-0.4, -0.2) is 337 Å². The molecular formula is C82H109Cl2N17O28. The molecule has 3 aliphatic heterocycles. The number of fused-ring (bicyclic) bond motifs is 3. The van der Waals surface area contributed by atoms with Crippen LogP contribution in [0.1, 0.15) is 127 Å². The summed E-state index contributed by atoms with van der Waals surface area (Å²) in [7, 11) is 1.48. The van der Waals surface area contributed by atoms with Crippen LogP contribution in [0.3, 0.4) is 0 Å². The van der Waals surface area contributed by atoms with Crippen LogP contribution < -0.4 is 63.1 Å². The molecule has 4 heterocycles. The van der Waals surface area contributed by atoms with E-state index in [9.17, 15) is 122 Å². The molecule has 3 aromatic carbocycles. The molecule has 7 rings (SSSR count). The third-order valence-electron chi connectivity index (χ3n) is 21.1. The number of hydrogen-bond donors (Lipinski definition) is 17. The van der Waals surface area contributed by atoms with Gasteiger partial charge in [0.1, 0.15) is 60.4 Å². The van der Waals surface area contributed by atoms with Crippen molar-refractivity contribution in [3.05, 3.63) is 75.9 Å². The molecule has 0 spiro atoms. The van der Waals surface area contributed by atoms with Crippen molar-refractivity contribution in [1.29, 1.82) is 0 Å². The smallest absolute Gasteiger partial charge is 0.317 e. The van der Waals surface area contributed by atoms with Gasteiger partial charge in [0.2, 0.25) is 59.1 Å². The van der Waals surface area contributed by atoms with Crippen LogP contribution in [-0.2, 0) is 92.9 Å². The highest BCUT2D eigenvalue weighted by Crippen LogP contribution is 2.47. The first-order chi connectivity index (χ1) is 61.0. The Balaban J connectivity index is 0.979. The molecule has 129 heavy (non-hydrogen) atoms. The number of carbonyl (C=O) groups is 18. The number of ether oxygens (including phenoxy) is 3. The van der Waals surface area contributed by atoms with E-state index in [1.165, 1.54) is 35.7 Å². The molecule has 0 saturated carbocycles. The highest BCUT2D eigenvalue weighted by Gasteiger charge is 2.41. The predicted octanol–water partition coefficient (Wildman–Crippen LogP) is -0.476. The molecule has 7 atom stereocenters. The number of carboxylic acids is 7. The lowest BCUT2D eigenvalue weighted by atomic mass is 9.95. The number of benzene rings is 3. The number of amides is 11. The van der Waals surface area contributed by atoms with Crippen molar-refractivity contribution < 1.29 is 136 Å². The van der Waals surface area contributed by atoms with Gasteiger partial charge in [-0.05, 0) is 115 Å². The summed E-state index contributed by atoms with van der Waals surface area (Å²) in [4.78, 5) is 243.